The summed E-state index contributed by atoms with van der Waals surface area (Å²) in [6.07, 6.45) is 0.426. The summed E-state index contributed by atoms with van der Waals surface area (Å²) in [5.74, 6) is 0.326. The third kappa shape index (κ3) is 3.91. The maximum Gasteiger partial charge on any atom is 0.310 e. The zero-order valence-corrected chi connectivity index (χ0v) is 11.8. The lowest BCUT2D eigenvalue weighted by Crippen LogP contribution is -2.46. The van der Waals surface area contributed by atoms with Crippen LogP contribution < -0.4 is 4.74 Å². The molecule has 1 heterocycles. The number of para-hydroxylation sites is 2. The van der Waals surface area contributed by atoms with E-state index in [2.05, 4.69) is 4.90 Å². The normalized spacial score (nSPS) is 23.5. The van der Waals surface area contributed by atoms with E-state index in [4.69, 9.17) is 9.47 Å². The number of benzene rings is 1. The van der Waals surface area contributed by atoms with E-state index in [1.165, 1.54) is 6.07 Å². The zero-order chi connectivity index (χ0) is 14.5. The molecule has 1 fully saturated rings. The standard InChI is InChI=1S/C14H20N2O4/c1-11-9-15(10-12(2)20-11)7-8-19-14-6-4-3-5-13(14)16(17)18/h3-6,11-12H,7-10H2,1-2H3/t11-,12+. The van der Waals surface area contributed by atoms with Gasteiger partial charge < -0.3 is 9.47 Å². The van der Waals surface area contributed by atoms with Gasteiger partial charge in [-0.3, -0.25) is 15.0 Å². The van der Waals surface area contributed by atoms with E-state index in [0.29, 0.717) is 12.4 Å². The summed E-state index contributed by atoms with van der Waals surface area (Å²) in [6.45, 7) is 7.00. The van der Waals surface area contributed by atoms with Crippen molar-refractivity contribution in [3.63, 3.8) is 0 Å². The minimum atomic E-state index is -0.422. The first-order valence-electron chi connectivity index (χ1n) is 6.80. The highest BCUT2D eigenvalue weighted by Gasteiger charge is 2.22. The van der Waals surface area contributed by atoms with Crippen molar-refractivity contribution in [2.75, 3.05) is 26.2 Å². The molecule has 1 aromatic carbocycles. The Morgan fingerprint density at radius 1 is 1.35 bits per heavy atom. The largest absolute Gasteiger partial charge is 0.485 e. The van der Waals surface area contributed by atoms with Gasteiger partial charge in [-0.25, -0.2) is 0 Å². The van der Waals surface area contributed by atoms with Gasteiger partial charge in [0.05, 0.1) is 17.1 Å². The summed E-state index contributed by atoms with van der Waals surface area (Å²) in [6, 6.07) is 6.45. The van der Waals surface area contributed by atoms with Crippen LogP contribution in [-0.2, 0) is 4.74 Å². The molecule has 2 atom stereocenters. The molecule has 1 aromatic rings. The monoisotopic (exact) mass is 280 g/mol. The molecule has 0 radical (unpaired) electrons. The van der Waals surface area contributed by atoms with E-state index in [-0.39, 0.29) is 17.9 Å². The van der Waals surface area contributed by atoms with Gasteiger partial charge in [-0.05, 0) is 19.9 Å². The van der Waals surface area contributed by atoms with E-state index in [1.807, 2.05) is 13.8 Å². The van der Waals surface area contributed by atoms with Crippen LogP contribution in [0.5, 0.6) is 5.75 Å². The first-order chi connectivity index (χ1) is 9.56. The average Bonchev–Trinajstić information content (AvgIpc) is 2.38. The number of hydrogen-bond donors (Lipinski definition) is 0. The zero-order valence-electron chi connectivity index (χ0n) is 11.8. The van der Waals surface area contributed by atoms with Crippen molar-refractivity contribution in [3.05, 3.63) is 34.4 Å². The molecule has 6 nitrogen and oxygen atoms in total. The van der Waals surface area contributed by atoms with E-state index in [0.717, 1.165) is 19.6 Å². The third-order valence-corrected chi connectivity index (χ3v) is 3.22. The van der Waals surface area contributed by atoms with Crippen molar-refractivity contribution >= 4 is 5.69 Å². The van der Waals surface area contributed by atoms with Crippen molar-refractivity contribution < 1.29 is 14.4 Å². The predicted molar refractivity (Wildman–Crippen MR) is 75.0 cm³/mol. The van der Waals surface area contributed by atoms with E-state index in [1.54, 1.807) is 18.2 Å². The van der Waals surface area contributed by atoms with Gasteiger partial charge in [0.1, 0.15) is 6.61 Å². The summed E-state index contributed by atoms with van der Waals surface area (Å²) < 4.78 is 11.2. The van der Waals surface area contributed by atoms with Crippen LogP contribution in [0.15, 0.2) is 24.3 Å². The second-order valence-corrected chi connectivity index (χ2v) is 5.09. The molecule has 1 saturated heterocycles. The molecule has 0 aliphatic carbocycles. The summed E-state index contributed by atoms with van der Waals surface area (Å²) in [5.41, 5.74) is 0.0104. The van der Waals surface area contributed by atoms with Gasteiger partial charge in [-0.15, -0.1) is 0 Å². The molecular formula is C14H20N2O4. The van der Waals surface area contributed by atoms with Crippen molar-refractivity contribution in [2.24, 2.45) is 0 Å². The Bertz CT molecular complexity index is 456. The molecule has 0 unspecified atom stereocenters. The van der Waals surface area contributed by atoms with Crippen molar-refractivity contribution in [2.45, 2.75) is 26.1 Å². The minimum absolute atomic E-state index is 0.0104. The summed E-state index contributed by atoms with van der Waals surface area (Å²) in [5, 5.41) is 10.9. The van der Waals surface area contributed by atoms with Gasteiger partial charge >= 0.3 is 5.69 Å². The highest BCUT2D eigenvalue weighted by atomic mass is 16.6. The molecule has 0 amide bonds. The van der Waals surface area contributed by atoms with Crippen molar-refractivity contribution in [3.8, 4) is 5.75 Å². The van der Waals surface area contributed by atoms with Crippen LogP contribution in [-0.4, -0.2) is 48.3 Å². The molecule has 6 heteroatoms. The number of morpholine rings is 1. The van der Waals surface area contributed by atoms with Gasteiger partial charge in [0.2, 0.25) is 0 Å². The topological polar surface area (TPSA) is 64.8 Å². The Kier molecular flexibility index (Phi) is 4.92. The molecule has 0 bridgehead atoms. The maximum absolute atomic E-state index is 10.9. The Balaban J connectivity index is 1.85. The van der Waals surface area contributed by atoms with Crippen LogP contribution in [0.25, 0.3) is 0 Å². The van der Waals surface area contributed by atoms with Crippen LogP contribution in [0.3, 0.4) is 0 Å². The molecular weight excluding hydrogens is 260 g/mol. The van der Waals surface area contributed by atoms with Gasteiger partial charge in [-0.1, -0.05) is 12.1 Å². The lowest BCUT2D eigenvalue weighted by Gasteiger charge is -2.35. The molecule has 2 rings (SSSR count). The van der Waals surface area contributed by atoms with Gasteiger partial charge in [0.15, 0.2) is 5.75 Å². The highest BCUT2D eigenvalue weighted by Crippen LogP contribution is 2.25. The van der Waals surface area contributed by atoms with E-state index < -0.39 is 4.92 Å². The summed E-state index contributed by atoms with van der Waals surface area (Å²) in [7, 11) is 0. The van der Waals surface area contributed by atoms with Gasteiger partial charge in [0, 0.05) is 25.7 Å². The Hall–Kier alpha value is -1.66. The van der Waals surface area contributed by atoms with Gasteiger partial charge in [0.25, 0.3) is 0 Å². The number of ether oxygens (including phenoxy) is 2. The SMILES string of the molecule is C[C@@H]1CN(CCOc2ccccc2[N+](=O)[O-])C[C@H](C)O1. The maximum atomic E-state index is 10.9. The number of rotatable bonds is 5. The van der Waals surface area contributed by atoms with Gasteiger partial charge in [-0.2, -0.15) is 0 Å². The van der Waals surface area contributed by atoms with E-state index in [9.17, 15) is 10.1 Å². The molecule has 1 aliphatic heterocycles. The van der Waals surface area contributed by atoms with E-state index >= 15 is 0 Å². The Labute approximate surface area is 118 Å². The number of hydrogen-bond acceptors (Lipinski definition) is 5. The molecule has 0 saturated carbocycles. The van der Waals surface area contributed by atoms with Crippen LogP contribution in [0.1, 0.15) is 13.8 Å². The lowest BCUT2D eigenvalue weighted by atomic mass is 10.2. The molecule has 0 N–H and O–H groups in total. The third-order valence-electron chi connectivity index (χ3n) is 3.22. The molecule has 0 spiro atoms. The fourth-order valence-electron chi connectivity index (χ4n) is 2.48. The van der Waals surface area contributed by atoms with Crippen LogP contribution in [0, 0.1) is 10.1 Å². The smallest absolute Gasteiger partial charge is 0.310 e. The average molecular weight is 280 g/mol. The fraction of sp³-hybridized carbons (Fsp3) is 0.571. The molecule has 0 aromatic heterocycles. The summed E-state index contributed by atoms with van der Waals surface area (Å²) in [4.78, 5) is 12.7. The minimum Gasteiger partial charge on any atom is -0.485 e. The van der Waals surface area contributed by atoms with Crippen LogP contribution >= 0.6 is 0 Å². The molecule has 110 valence electrons. The second kappa shape index (κ2) is 6.67. The predicted octanol–water partition coefficient (Wildman–Crippen LogP) is 2.08. The Morgan fingerprint density at radius 2 is 2.00 bits per heavy atom. The first-order valence-corrected chi connectivity index (χ1v) is 6.80. The van der Waals surface area contributed by atoms with Crippen molar-refractivity contribution in [1.82, 2.24) is 4.90 Å². The number of nitrogens with zero attached hydrogens (tertiary/aromatic N) is 2. The fourth-order valence-corrected chi connectivity index (χ4v) is 2.48. The lowest BCUT2D eigenvalue weighted by molar-refractivity contribution is -0.385. The second-order valence-electron chi connectivity index (χ2n) is 5.09. The molecule has 20 heavy (non-hydrogen) atoms. The highest BCUT2D eigenvalue weighted by molar-refractivity contribution is 5.45. The molecule has 1 aliphatic rings. The first kappa shape index (κ1) is 14.7. The Morgan fingerprint density at radius 3 is 2.65 bits per heavy atom. The quantitative estimate of drug-likeness (QED) is 0.610. The van der Waals surface area contributed by atoms with Crippen LogP contribution in [0.2, 0.25) is 0 Å². The van der Waals surface area contributed by atoms with Crippen LogP contribution in [0.4, 0.5) is 5.69 Å². The summed E-state index contributed by atoms with van der Waals surface area (Å²) >= 11 is 0. The number of nitro groups is 1. The van der Waals surface area contributed by atoms with Crippen molar-refractivity contribution in [1.29, 1.82) is 0 Å². The number of nitro benzene ring substituents is 1.